The summed E-state index contributed by atoms with van der Waals surface area (Å²) in [5.74, 6) is 0.830. The van der Waals surface area contributed by atoms with Crippen molar-refractivity contribution < 1.29 is 0 Å². The lowest BCUT2D eigenvalue weighted by molar-refractivity contribution is 1.08. The summed E-state index contributed by atoms with van der Waals surface area (Å²) in [4.78, 5) is 7.78. The molecule has 0 unspecified atom stereocenters. The minimum absolute atomic E-state index is 0.553. The standard InChI is InChI=1S/C16H19N5/c1-18-15-12(5-6-20-16(15)19-2)14-8-11-7-10(9-17)3-4-13(11)21-14/h3-8,18,21H,9,17H2,1-2H3,(H,19,20). The van der Waals surface area contributed by atoms with E-state index < -0.39 is 0 Å². The first-order valence-corrected chi connectivity index (χ1v) is 6.93. The second kappa shape index (κ2) is 5.46. The minimum Gasteiger partial charge on any atom is -0.385 e. The van der Waals surface area contributed by atoms with Gasteiger partial charge in [0.15, 0.2) is 0 Å². The molecule has 5 nitrogen and oxygen atoms in total. The Morgan fingerprint density at radius 3 is 2.71 bits per heavy atom. The number of rotatable bonds is 4. The monoisotopic (exact) mass is 281 g/mol. The maximum absolute atomic E-state index is 5.71. The van der Waals surface area contributed by atoms with Gasteiger partial charge in [-0.2, -0.15) is 0 Å². The van der Waals surface area contributed by atoms with E-state index >= 15 is 0 Å². The Bertz CT molecular complexity index is 775. The zero-order valence-electron chi connectivity index (χ0n) is 12.2. The lowest BCUT2D eigenvalue weighted by Gasteiger charge is -2.11. The van der Waals surface area contributed by atoms with Crippen molar-refractivity contribution >= 4 is 22.4 Å². The predicted octanol–water partition coefficient (Wildman–Crippen LogP) is 2.77. The normalized spacial score (nSPS) is 10.8. The first-order chi connectivity index (χ1) is 10.3. The molecule has 0 amide bonds. The van der Waals surface area contributed by atoms with Gasteiger partial charge < -0.3 is 21.4 Å². The van der Waals surface area contributed by atoms with Crippen molar-refractivity contribution in [2.75, 3.05) is 24.7 Å². The first-order valence-electron chi connectivity index (χ1n) is 6.93. The molecule has 0 radical (unpaired) electrons. The Balaban J connectivity index is 2.16. The fraction of sp³-hybridized carbons (Fsp3) is 0.188. The molecule has 108 valence electrons. The first kappa shape index (κ1) is 13.5. The van der Waals surface area contributed by atoms with Crippen LogP contribution >= 0.6 is 0 Å². The Hall–Kier alpha value is -2.53. The van der Waals surface area contributed by atoms with E-state index in [4.69, 9.17) is 5.73 Å². The number of nitrogens with one attached hydrogen (secondary N) is 3. The molecular formula is C16H19N5. The van der Waals surface area contributed by atoms with Gasteiger partial charge in [-0.3, -0.25) is 0 Å². The molecule has 5 heteroatoms. The number of aromatic nitrogens is 2. The molecule has 2 heterocycles. The van der Waals surface area contributed by atoms with Crippen molar-refractivity contribution in [3.8, 4) is 11.3 Å². The second-order valence-corrected chi connectivity index (χ2v) is 4.89. The Kier molecular flexibility index (Phi) is 3.50. The van der Waals surface area contributed by atoms with Gasteiger partial charge in [0.05, 0.1) is 5.69 Å². The predicted molar refractivity (Wildman–Crippen MR) is 88.5 cm³/mol. The average molecular weight is 281 g/mol. The number of benzene rings is 1. The Morgan fingerprint density at radius 1 is 1.14 bits per heavy atom. The van der Waals surface area contributed by atoms with Crippen LogP contribution in [0.15, 0.2) is 36.5 Å². The van der Waals surface area contributed by atoms with Gasteiger partial charge in [0, 0.05) is 49.0 Å². The average Bonchev–Trinajstić information content (AvgIpc) is 2.96. The topological polar surface area (TPSA) is 78.8 Å². The number of pyridine rings is 1. The number of nitrogens with two attached hydrogens (primary N) is 1. The van der Waals surface area contributed by atoms with Crippen molar-refractivity contribution in [1.29, 1.82) is 0 Å². The minimum atomic E-state index is 0.553. The largest absolute Gasteiger partial charge is 0.385 e. The lowest BCUT2D eigenvalue weighted by Crippen LogP contribution is -2.01. The summed E-state index contributed by atoms with van der Waals surface area (Å²) in [5.41, 5.74) is 11.1. The van der Waals surface area contributed by atoms with Crippen molar-refractivity contribution in [3.63, 3.8) is 0 Å². The fourth-order valence-electron chi connectivity index (χ4n) is 2.58. The summed E-state index contributed by atoms with van der Waals surface area (Å²) in [6.07, 6.45) is 1.80. The van der Waals surface area contributed by atoms with E-state index in [1.165, 1.54) is 0 Å². The molecule has 0 spiro atoms. The summed E-state index contributed by atoms with van der Waals surface area (Å²) in [6, 6.07) is 10.4. The quantitative estimate of drug-likeness (QED) is 0.593. The molecule has 0 fully saturated rings. The SMILES string of the molecule is CNc1nccc(-c2cc3cc(CN)ccc3[nH]2)c1NC. The summed E-state index contributed by atoms with van der Waals surface area (Å²) < 4.78 is 0. The van der Waals surface area contributed by atoms with Crippen molar-refractivity contribution in [2.45, 2.75) is 6.54 Å². The van der Waals surface area contributed by atoms with Crippen LogP contribution in [0.5, 0.6) is 0 Å². The van der Waals surface area contributed by atoms with E-state index in [0.717, 1.165) is 39.2 Å². The van der Waals surface area contributed by atoms with Crippen molar-refractivity contribution in [3.05, 3.63) is 42.1 Å². The molecule has 2 aromatic heterocycles. The highest BCUT2D eigenvalue weighted by molar-refractivity contribution is 5.91. The van der Waals surface area contributed by atoms with Gasteiger partial charge in [0.1, 0.15) is 5.82 Å². The van der Waals surface area contributed by atoms with Crippen LogP contribution < -0.4 is 16.4 Å². The molecule has 0 atom stereocenters. The smallest absolute Gasteiger partial charge is 0.149 e. The molecule has 0 saturated heterocycles. The van der Waals surface area contributed by atoms with E-state index in [2.05, 4.69) is 38.8 Å². The van der Waals surface area contributed by atoms with Gasteiger partial charge in [0.25, 0.3) is 0 Å². The Morgan fingerprint density at radius 2 is 2.00 bits per heavy atom. The van der Waals surface area contributed by atoms with E-state index in [9.17, 15) is 0 Å². The zero-order valence-corrected chi connectivity index (χ0v) is 12.2. The molecule has 21 heavy (non-hydrogen) atoms. The molecule has 0 bridgehead atoms. The van der Waals surface area contributed by atoms with Crippen LogP contribution in [0.1, 0.15) is 5.56 Å². The molecule has 1 aromatic carbocycles. The van der Waals surface area contributed by atoms with Crippen LogP contribution in [0.3, 0.4) is 0 Å². The van der Waals surface area contributed by atoms with Crippen LogP contribution in [0.2, 0.25) is 0 Å². The van der Waals surface area contributed by atoms with Crippen molar-refractivity contribution in [2.24, 2.45) is 5.73 Å². The second-order valence-electron chi connectivity index (χ2n) is 4.89. The number of aromatic amines is 1. The maximum atomic E-state index is 5.71. The molecule has 0 saturated carbocycles. The summed E-state index contributed by atoms with van der Waals surface area (Å²) in [6.45, 7) is 0.553. The van der Waals surface area contributed by atoms with Gasteiger partial charge in [-0.25, -0.2) is 4.98 Å². The number of anilines is 2. The zero-order chi connectivity index (χ0) is 14.8. The summed E-state index contributed by atoms with van der Waals surface area (Å²) >= 11 is 0. The molecular weight excluding hydrogens is 262 g/mol. The fourth-order valence-corrected chi connectivity index (χ4v) is 2.58. The van der Waals surface area contributed by atoms with Crippen LogP contribution in [-0.2, 0) is 6.54 Å². The third kappa shape index (κ3) is 2.32. The number of hydrogen-bond acceptors (Lipinski definition) is 4. The van der Waals surface area contributed by atoms with Gasteiger partial charge in [-0.1, -0.05) is 6.07 Å². The lowest BCUT2D eigenvalue weighted by atomic mass is 10.1. The van der Waals surface area contributed by atoms with Crippen LogP contribution in [0.25, 0.3) is 22.2 Å². The van der Waals surface area contributed by atoms with Crippen LogP contribution in [0.4, 0.5) is 11.5 Å². The molecule has 3 aromatic rings. The highest BCUT2D eigenvalue weighted by Gasteiger charge is 2.11. The highest BCUT2D eigenvalue weighted by Crippen LogP contribution is 2.33. The van der Waals surface area contributed by atoms with Crippen LogP contribution in [-0.4, -0.2) is 24.1 Å². The van der Waals surface area contributed by atoms with Crippen molar-refractivity contribution in [1.82, 2.24) is 9.97 Å². The molecule has 0 aliphatic rings. The molecule has 3 rings (SSSR count). The van der Waals surface area contributed by atoms with Gasteiger partial charge in [0.2, 0.25) is 0 Å². The number of H-pyrrole nitrogens is 1. The number of fused-ring (bicyclic) bond motifs is 1. The molecule has 0 aliphatic heterocycles. The number of hydrogen-bond donors (Lipinski definition) is 4. The van der Waals surface area contributed by atoms with Gasteiger partial charge >= 0.3 is 0 Å². The van der Waals surface area contributed by atoms with E-state index in [1.54, 1.807) is 6.20 Å². The van der Waals surface area contributed by atoms with E-state index in [-0.39, 0.29) is 0 Å². The molecule has 5 N–H and O–H groups in total. The summed E-state index contributed by atoms with van der Waals surface area (Å²) in [5, 5.41) is 7.48. The van der Waals surface area contributed by atoms with Gasteiger partial charge in [-0.05, 0) is 29.8 Å². The molecule has 0 aliphatic carbocycles. The third-order valence-corrected chi connectivity index (χ3v) is 3.65. The van der Waals surface area contributed by atoms with E-state index in [0.29, 0.717) is 6.54 Å². The number of nitrogens with zero attached hydrogens (tertiary/aromatic N) is 1. The summed E-state index contributed by atoms with van der Waals surface area (Å²) in [7, 11) is 3.77. The highest BCUT2D eigenvalue weighted by atomic mass is 15.0. The maximum Gasteiger partial charge on any atom is 0.149 e. The van der Waals surface area contributed by atoms with Crippen LogP contribution in [0, 0.1) is 0 Å². The van der Waals surface area contributed by atoms with Gasteiger partial charge in [-0.15, -0.1) is 0 Å². The third-order valence-electron chi connectivity index (χ3n) is 3.65. The Labute approximate surface area is 123 Å². The van der Waals surface area contributed by atoms with E-state index in [1.807, 2.05) is 26.2 Å².